The normalized spacial score (nSPS) is 22.6. The number of aliphatic hydroxyl groups is 1. The van der Waals surface area contributed by atoms with E-state index in [0.29, 0.717) is 16.7 Å². The molecule has 0 spiro atoms. The standard InChI is InChI=1S/C18H12O4/c19-13-1-2-14-12(5-13)4-11-3-9-7-16(20)17(21)8-10(9)6-15(11)18(14)22/h1-6,8,10,19,21H,7H2. The minimum Gasteiger partial charge on any atom is -0.508 e. The third kappa shape index (κ3) is 1.77. The van der Waals surface area contributed by atoms with E-state index >= 15 is 0 Å². The minimum atomic E-state index is -0.305. The summed E-state index contributed by atoms with van der Waals surface area (Å²) in [5, 5.41) is 19.2. The van der Waals surface area contributed by atoms with Gasteiger partial charge in [0.15, 0.2) is 11.5 Å². The summed E-state index contributed by atoms with van der Waals surface area (Å²) in [5.74, 6) is -0.752. The van der Waals surface area contributed by atoms with Crippen LogP contribution in [-0.2, 0) is 4.79 Å². The molecule has 0 aliphatic heterocycles. The lowest BCUT2D eigenvalue weighted by atomic mass is 9.76. The Kier molecular flexibility index (Phi) is 2.51. The molecule has 4 rings (SSSR count). The highest BCUT2D eigenvalue weighted by atomic mass is 16.3. The van der Waals surface area contributed by atoms with Gasteiger partial charge >= 0.3 is 0 Å². The molecule has 0 radical (unpaired) electrons. The summed E-state index contributed by atoms with van der Waals surface area (Å²) < 4.78 is 0. The Morgan fingerprint density at radius 1 is 1.05 bits per heavy atom. The minimum absolute atomic E-state index is 0.104. The smallest absolute Gasteiger partial charge is 0.200 e. The fourth-order valence-electron chi connectivity index (χ4n) is 3.13. The van der Waals surface area contributed by atoms with Gasteiger partial charge in [-0.1, -0.05) is 17.7 Å². The average Bonchev–Trinajstić information content (AvgIpc) is 2.47. The van der Waals surface area contributed by atoms with Crippen LogP contribution < -0.4 is 0 Å². The van der Waals surface area contributed by atoms with Gasteiger partial charge in [0.2, 0.25) is 5.78 Å². The van der Waals surface area contributed by atoms with E-state index in [4.69, 9.17) is 0 Å². The van der Waals surface area contributed by atoms with Crippen molar-refractivity contribution in [2.75, 3.05) is 0 Å². The fourth-order valence-corrected chi connectivity index (χ4v) is 3.13. The van der Waals surface area contributed by atoms with Crippen molar-refractivity contribution < 1.29 is 19.8 Å². The molecule has 4 nitrogen and oxygen atoms in total. The Balaban J connectivity index is 1.88. The Labute approximate surface area is 126 Å². The predicted octanol–water partition coefficient (Wildman–Crippen LogP) is 2.87. The molecule has 0 heterocycles. The average molecular weight is 292 g/mol. The molecule has 0 saturated carbocycles. The third-order valence-corrected chi connectivity index (χ3v) is 4.25. The number of ketones is 2. The zero-order valence-corrected chi connectivity index (χ0v) is 11.5. The second-order valence-corrected chi connectivity index (χ2v) is 5.68. The van der Waals surface area contributed by atoms with E-state index in [2.05, 4.69) is 0 Å². The summed E-state index contributed by atoms with van der Waals surface area (Å²) in [7, 11) is 0. The molecule has 108 valence electrons. The monoisotopic (exact) mass is 292 g/mol. The van der Waals surface area contributed by atoms with Crippen LogP contribution in [0.5, 0.6) is 5.75 Å². The molecule has 0 aromatic heterocycles. The molecule has 0 bridgehead atoms. The summed E-state index contributed by atoms with van der Waals surface area (Å²) in [6.45, 7) is 0. The van der Waals surface area contributed by atoms with Crippen molar-refractivity contribution in [3.05, 3.63) is 70.0 Å². The van der Waals surface area contributed by atoms with Gasteiger partial charge in [0.25, 0.3) is 0 Å². The van der Waals surface area contributed by atoms with Crippen LogP contribution in [0.15, 0.2) is 58.9 Å². The van der Waals surface area contributed by atoms with Crippen molar-refractivity contribution in [2.45, 2.75) is 6.42 Å². The van der Waals surface area contributed by atoms with E-state index in [-0.39, 0.29) is 35.4 Å². The van der Waals surface area contributed by atoms with Gasteiger partial charge in [-0.2, -0.15) is 0 Å². The molecule has 3 aliphatic carbocycles. The summed E-state index contributed by atoms with van der Waals surface area (Å²) in [6, 6.07) is 4.66. The quantitative estimate of drug-likeness (QED) is 0.771. The molecule has 0 fully saturated rings. The van der Waals surface area contributed by atoms with Gasteiger partial charge in [0.1, 0.15) is 5.75 Å². The van der Waals surface area contributed by atoms with Gasteiger partial charge in [-0.25, -0.2) is 0 Å². The SMILES string of the molecule is O=C1CC2=CC3=Cc4cc(O)ccc4C(=O)C3=CC2C=C1O. The van der Waals surface area contributed by atoms with Crippen molar-refractivity contribution in [2.24, 2.45) is 5.92 Å². The van der Waals surface area contributed by atoms with Crippen LogP contribution in [-0.4, -0.2) is 21.8 Å². The van der Waals surface area contributed by atoms with Crippen molar-refractivity contribution in [1.29, 1.82) is 0 Å². The van der Waals surface area contributed by atoms with Crippen LogP contribution in [0.25, 0.3) is 6.08 Å². The van der Waals surface area contributed by atoms with Gasteiger partial charge in [-0.05, 0) is 41.5 Å². The van der Waals surface area contributed by atoms with Crippen LogP contribution >= 0.6 is 0 Å². The topological polar surface area (TPSA) is 74.6 Å². The number of hydrogen-bond donors (Lipinski definition) is 2. The number of allylic oxidation sites excluding steroid dienone is 7. The molecule has 0 saturated heterocycles. The second kappa shape index (κ2) is 4.31. The maximum atomic E-state index is 12.6. The first-order valence-corrected chi connectivity index (χ1v) is 6.99. The molecule has 1 aromatic carbocycles. The Morgan fingerprint density at radius 2 is 1.86 bits per heavy atom. The van der Waals surface area contributed by atoms with E-state index in [0.717, 1.165) is 11.1 Å². The molecule has 22 heavy (non-hydrogen) atoms. The first-order valence-electron chi connectivity index (χ1n) is 6.99. The van der Waals surface area contributed by atoms with Crippen molar-refractivity contribution in [1.82, 2.24) is 0 Å². The number of carbonyl (C=O) groups is 2. The van der Waals surface area contributed by atoms with E-state index < -0.39 is 0 Å². The summed E-state index contributed by atoms with van der Waals surface area (Å²) in [6.07, 6.45) is 7.12. The number of aromatic hydroxyl groups is 1. The number of hydrogen-bond acceptors (Lipinski definition) is 4. The molecule has 1 atom stereocenters. The van der Waals surface area contributed by atoms with Gasteiger partial charge in [-0.15, -0.1) is 0 Å². The van der Waals surface area contributed by atoms with Crippen molar-refractivity contribution in [3.8, 4) is 5.75 Å². The summed E-state index contributed by atoms with van der Waals surface area (Å²) in [4.78, 5) is 24.2. The third-order valence-electron chi connectivity index (χ3n) is 4.25. The zero-order chi connectivity index (χ0) is 15.4. The summed E-state index contributed by atoms with van der Waals surface area (Å²) >= 11 is 0. The number of carbonyl (C=O) groups excluding carboxylic acids is 2. The van der Waals surface area contributed by atoms with Crippen LogP contribution in [0, 0.1) is 5.92 Å². The molecular weight excluding hydrogens is 280 g/mol. The highest BCUT2D eigenvalue weighted by Gasteiger charge is 2.31. The van der Waals surface area contributed by atoms with Gasteiger partial charge in [0, 0.05) is 23.5 Å². The highest BCUT2D eigenvalue weighted by molar-refractivity contribution is 6.17. The van der Waals surface area contributed by atoms with Crippen LogP contribution in [0.2, 0.25) is 0 Å². The number of aliphatic hydroxyl groups excluding tert-OH is 1. The molecule has 3 aliphatic rings. The Morgan fingerprint density at radius 3 is 2.68 bits per heavy atom. The fraction of sp³-hybridized carbons (Fsp3) is 0.111. The largest absolute Gasteiger partial charge is 0.508 e. The van der Waals surface area contributed by atoms with E-state index in [1.165, 1.54) is 12.1 Å². The number of Topliss-reactive ketones (excluding diaryl/α,β-unsaturated/α-hetero) is 2. The maximum Gasteiger partial charge on any atom is 0.200 e. The van der Waals surface area contributed by atoms with Gasteiger partial charge in [0.05, 0.1) is 0 Å². The lowest BCUT2D eigenvalue weighted by Gasteiger charge is -2.27. The Bertz CT molecular complexity index is 865. The Hall–Kier alpha value is -2.88. The zero-order valence-electron chi connectivity index (χ0n) is 11.5. The van der Waals surface area contributed by atoms with Crippen molar-refractivity contribution >= 4 is 17.6 Å². The number of phenolic OH excluding ortho intramolecular Hbond substituents is 1. The lowest BCUT2D eigenvalue weighted by Crippen LogP contribution is -2.22. The van der Waals surface area contributed by atoms with Gasteiger partial charge in [-0.3, -0.25) is 9.59 Å². The first-order chi connectivity index (χ1) is 10.5. The van der Waals surface area contributed by atoms with E-state index in [9.17, 15) is 19.8 Å². The highest BCUT2D eigenvalue weighted by Crippen LogP contribution is 2.39. The van der Waals surface area contributed by atoms with Crippen LogP contribution in [0.4, 0.5) is 0 Å². The van der Waals surface area contributed by atoms with Crippen molar-refractivity contribution in [3.63, 3.8) is 0 Å². The summed E-state index contributed by atoms with van der Waals surface area (Å²) in [5.41, 5.74) is 3.41. The lowest BCUT2D eigenvalue weighted by molar-refractivity contribution is -0.117. The van der Waals surface area contributed by atoms with Crippen LogP contribution in [0.3, 0.4) is 0 Å². The number of fused-ring (bicyclic) bond motifs is 3. The molecule has 1 aromatic rings. The molecule has 2 N–H and O–H groups in total. The number of rotatable bonds is 0. The second-order valence-electron chi connectivity index (χ2n) is 5.68. The molecular formula is C18H12O4. The van der Waals surface area contributed by atoms with Crippen LogP contribution in [0.1, 0.15) is 22.3 Å². The maximum absolute atomic E-state index is 12.6. The number of benzene rings is 1. The number of phenols is 1. The predicted molar refractivity (Wildman–Crippen MR) is 80.4 cm³/mol. The molecule has 0 amide bonds. The molecule has 4 heteroatoms. The van der Waals surface area contributed by atoms with Gasteiger partial charge < -0.3 is 10.2 Å². The van der Waals surface area contributed by atoms with E-state index in [1.807, 2.05) is 12.2 Å². The van der Waals surface area contributed by atoms with E-state index in [1.54, 1.807) is 18.2 Å². The molecule has 1 unspecified atom stereocenters. The first kappa shape index (κ1) is 12.8.